The Morgan fingerprint density at radius 1 is 0.327 bits per heavy atom. The molecule has 0 heterocycles. The minimum absolute atomic E-state index is 0.0301. The second kappa shape index (κ2) is 40.3. The van der Waals surface area contributed by atoms with Crippen molar-refractivity contribution in [2.24, 2.45) is 107 Å². The number of allylic oxidation sites excluding steroid dienone is 32. The number of rotatable bonds is 26. The first-order valence-electron chi connectivity index (χ1n) is 43.6. The zero-order valence-electron chi connectivity index (χ0n) is 67.9. The molecule has 0 radical (unpaired) electrons. The van der Waals surface area contributed by atoms with E-state index in [1.54, 1.807) is 11.1 Å². The standard InChI is InChI=1S/C51H62OSi.C49H70OSi.4ClH.2Zr/c1-51(2,3)52-31-17-5-6-18-32-53(4,49-45-25-15-13-23-41(45)43-29-27-39(35-47(43)49)33-37-19-9-7-10-20-37)50-46-26-16-14-24-42(46)44-30-28-40(36-48(44)50)34-38-21-11-8-12-22-38;1-49(2,3)50-29-15-5-6-16-30-51(4,47-43-23-13-11-21-39(43)41-27-25-37(33-45(41)47)31-35-17-7-8-18-35)48-44-24-14-12-22-40(44)42-28-26-38(34-46(42)48)32-36-19-9-10-20-36;;;;;;/h7-16,19-30,35-36,41-50H,5-6,17-18,31-34H2,1-4H3;11-14,21-28,33-36,39-48H,5-10,15-20,29-32H2,1-4H3;4*1H;;/q;;;;;;2*+2/p-4. The maximum absolute atomic E-state index is 6.15. The van der Waals surface area contributed by atoms with E-state index in [1.165, 1.54) is 150 Å². The molecule has 6 saturated carbocycles. The number of halogens is 4. The predicted molar refractivity (Wildman–Crippen MR) is 471 cm³/mol. The molecule has 0 bridgehead atoms. The van der Waals surface area contributed by atoms with Crippen molar-refractivity contribution in [1.29, 1.82) is 0 Å². The van der Waals surface area contributed by atoms with E-state index in [4.69, 9.17) is 43.5 Å². The second-order valence-electron chi connectivity index (χ2n) is 38.3. The summed E-state index contributed by atoms with van der Waals surface area (Å²) in [5.74, 6) is 12.1. The van der Waals surface area contributed by atoms with Crippen LogP contribution in [-0.4, -0.2) is 40.6 Å². The van der Waals surface area contributed by atoms with Crippen LogP contribution in [0.3, 0.4) is 0 Å². The molecule has 0 aromatic heterocycles. The van der Waals surface area contributed by atoms with Gasteiger partial charge >= 0.3 is 75.7 Å². The van der Waals surface area contributed by atoms with Crippen LogP contribution in [0.2, 0.25) is 47.3 Å². The summed E-state index contributed by atoms with van der Waals surface area (Å²) >= 11 is -1.65. The fourth-order valence-corrected chi connectivity index (χ4v) is 39.0. The van der Waals surface area contributed by atoms with Gasteiger partial charge in [-0.15, -0.1) is 0 Å². The van der Waals surface area contributed by atoms with Gasteiger partial charge in [0.15, 0.2) is 0 Å². The van der Waals surface area contributed by atoms with E-state index in [-0.39, 0.29) is 11.2 Å². The molecule has 6 fully saturated rings. The van der Waals surface area contributed by atoms with Gasteiger partial charge in [-0.1, -0.05) is 357 Å². The van der Waals surface area contributed by atoms with Gasteiger partial charge in [0.1, 0.15) is 0 Å². The van der Waals surface area contributed by atoms with Crippen LogP contribution in [-0.2, 0) is 64.0 Å². The third-order valence-electron chi connectivity index (χ3n) is 29.4. The topological polar surface area (TPSA) is 18.5 Å². The van der Waals surface area contributed by atoms with E-state index in [0.717, 1.165) is 60.1 Å². The Morgan fingerprint density at radius 2 is 0.582 bits per heavy atom. The van der Waals surface area contributed by atoms with Gasteiger partial charge < -0.3 is 9.47 Å². The number of ether oxygens (including phenoxy) is 2. The number of unbranched alkanes of at least 4 members (excludes halogenated alkanes) is 6. The van der Waals surface area contributed by atoms with Crippen molar-refractivity contribution in [2.45, 2.75) is 229 Å². The Kier molecular flexibility index (Phi) is 31.3. The first-order chi connectivity index (χ1) is 53.4. The summed E-state index contributed by atoms with van der Waals surface area (Å²) in [5, 5.41) is 0. The summed E-state index contributed by atoms with van der Waals surface area (Å²) < 4.78 is 12.3. The molecule has 20 unspecified atom stereocenters. The van der Waals surface area contributed by atoms with E-state index in [2.05, 4.69) is 285 Å². The number of hydrogen-bond donors (Lipinski definition) is 0. The van der Waals surface area contributed by atoms with Crippen molar-refractivity contribution >= 4 is 50.2 Å². The van der Waals surface area contributed by atoms with E-state index in [1.807, 2.05) is 0 Å². The van der Waals surface area contributed by atoms with Crippen LogP contribution >= 0.6 is 34.1 Å². The summed E-state index contributed by atoms with van der Waals surface area (Å²) in [6, 6.07) is 25.2. The fourth-order valence-electron chi connectivity index (χ4n) is 25.2. The van der Waals surface area contributed by atoms with Gasteiger partial charge in [0, 0.05) is 13.2 Å². The van der Waals surface area contributed by atoms with Crippen LogP contribution in [0.4, 0.5) is 0 Å². The van der Waals surface area contributed by atoms with Crippen molar-refractivity contribution in [3.63, 3.8) is 0 Å². The van der Waals surface area contributed by atoms with Crippen LogP contribution in [0.5, 0.6) is 0 Å². The molecule has 14 aliphatic carbocycles. The van der Waals surface area contributed by atoms with Crippen LogP contribution in [0.25, 0.3) is 0 Å². The van der Waals surface area contributed by atoms with Crippen molar-refractivity contribution in [2.75, 3.05) is 13.2 Å². The van der Waals surface area contributed by atoms with Gasteiger partial charge in [0.2, 0.25) is 0 Å². The summed E-state index contributed by atoms with van der Waals surface area (Å²) in [6.07, 6.45) is 99.4. The summed E-state index contributed by atoms with van der Waals surface area (Å²) in [7, 11) is 15.8. The van der Waals surface area contributed by atoms with Gasteiger partial charge in [-0.2, -0.15) is 0 Å². The SMILES string of the molecule is CC(C)(C)OCCCCCC[Si](C)(C1C2C=CC=CC2C2C=CC(CC3CCCC3)=CC21)C1C2C=CC=CC2C2C=CC(CC3CCCC3)=CC21.CC(C)(C)OCCCCCC[Si](C)(C1C2C=CC=CC2C2C=CC(Cc3ccccc3)=CC21)C1C2C=CC=CC2C2C=CC(Cc3ccccc3)=CC21.[Cl][Zr][Cl].[Cl][Zr][Cl]. The average molecular weight is 1750 g/mol. The number of fused-ring (bicyclic) bond motifs is 12. The van der Waals surface area contributed by atoms with Crippen molar-refractivity contribution in [3.8, 4) is 0 Å². The molecule has 0 saturated heterocycles. The zero-order valence-corrected chi connectivity index (χ0v) is 77.9. The number of benzene rings is 2. The molecule has 10 heteroatoms. The molecular weight excluding hydrogens is 1610 g/mol. The number of hydrogen-bond acceptors (Lipinski definition) is 2. The quantitative estimate of drug-likeness (QED) is 0.0690. The molecular formula is C100H132Cl4O2Si2Zr2. The van der Waals surface area contributed by atoms with Gasteiger partial charge in [-0.05, 0) is 231 Å². The monoisotopic (exact) mass is 1740 g/mol. The molecule has 0 N–H and O–H groups in total. The summed E-state index contributed by atoms with van der Waals surface area (Å²) in [6.45, 7) is 20.8. The molecule has 0 aliphatic heterocycles. The molecule has 20 atom stereocenters. The average Bonchev–Trinajstić information content (AvgIpc) is 1.55. The van der Waals surface area contributed by atoms with Crippen LogP contribution < -0.4 is 0 Å². The maximum atomic E-state index is 6.15. The van der Waals surface area contributed by atoms with Crippen LogP contribution in [0.15, 0.2) is 253 Å². The molecule has 588 valence electrons. The molecule has 2 nitrogen and oxygen atoms in total. The molecule has 0 amide bonds. The van der Waals surface area contributed by atoms with E-state index >= 15 is 0 Å². The van der Waals surface area contributed by atoms with Crippen molar-refractivity contribution in [3.05, 3.63) is 264 Å². The molecule has 2 aromatic rings. The summed E-state index contributed by atoms with van der Waals surface area (Å²) in [5.41, 5.74) is 12.3. The third kappa shape index (κ3) is 20.8. The van der Waals surface area contributed by atoms with Crippen molar-refractivity contribution < 1.29 is 51.2 Å². The first-order valence-corrected chi connectivity index (χ1v) is 62.0. The van der Waals surface area contributed by atoms with Crippen LogP contribution in [0.1, 0.15) is 168 Å². The molecule has 2 aromatic carbocycles. The van der Waals surface area contributed by atoms with E-state index < -0.39 is 57.8 Å². The third-order valence-corrected chi connectivity index (χ3v) is 41.4. The Morgan fingerprint density at radius 3 is 0.873 bits per heavy atom. The Hall–Kier alpha value is -2.44. The van der Waals surface area contributed by atoms with Gasteiger partial charge in [-0.25, -0.2) is 0 Å². The van der Waals surface area contributed by atoms with E-state index in [0.29, 0.717) is 94.7 Å². The zero-order chi connectivity index (χ0) is 76.8. The van der Waals surface area contributed by atoms with E-state index in [9.17, 15) is 0 Å². The van der Waals surface area contributed by atoms with Gasteiger partial charge in [-0.3, -0.25) is 0 Å². The Labute approximate surface area is 706 Å². The predicted octanol–water partition coefficient (Wildman–Crippen LogP) is 29.2. The Bertz CT molecular complexity index is 3630. The minimum atomic E-state index is -2.02. The summed E-state index contributed by atoms with van der Waals surface area (Å²) in [4.78, 5) is 0. The normalized spacial score (nSPS) is 33.9. The van der Waals surface area contributed by atoms with Crippen LogP contribution in [0, 0.1) is 107 Å². The molecule has 14 aliphatic rings. The molecule has 0 spiro atoms. The van der Waals surface area contributed by atoms with Gasteiger partial charge in [0.05, 0.1) is 27.3 Å². The Balaban J connectivity index is 0.000000181. The fraction of sp³-hybridized carbons (Fsp3) is 0.560. The molecule has 110 heavy (non-hydrogen) atoms. The molecule has 16 rings (SSSR count). The van der Waals surface area contributed by atoms with Crippen molar-refractivity contribution in [1.82, 2.24) is 0 Å². The second-order valence-corrected chi connectivity index (χ2v) is 55.4. The van der Waals surface area contributed by atoms with Gasteiger partial charge in [0.25, 0.3) is 0 Å². The first kappa shape index (κ1) is 85.4.